The van der Waals surface area contributed by atoms with E-state index in [1.165, 1.54) is 0 Å². The van der Waals surface area contributed by atoms with Crippen LogP contribution in [0.2, 0.25) is 0 Å². The highest BCUT2D eigenvalue weighted by molar-refractivity contribution is 5.78. The average molecular weight is 192 g/mol. The molecule has 0 aliphatic carbocycles. The van der Waals surface area contributed by atoms with Crippen molar-refractivity contribution >= 4 is 5.91 Å². The summed E-state index contributed by atoms with van der Waals surface area (Å²) in [6, 6.07) is 0.0696. The van der Waals surface area contributed by atoms with Crippen molar-refractivity contribution in [2.75, 3.05) is 13.1 Å². The molecule has 0 aromatic rings. The summed E-state index contributed by atoms with van der Waals surface area (Å²) in [6.07, 6.45) is 11.6. The van der Waals surface area contributed by atoms with Gasteiger partial charge in [-0.3, -0.25) is 10.1 Å². The molecule has 0 bridgehead atoms. The first-order valence-electron chi connectivity index (χ1n) is 4.61. The maximum absolute atomic E-state index is 11.3. The van der Waals surface area contributed by atoms with E-state index in [1.54, 1.807) is 0 Å². The van der Waals surface area contributed by atoms with Gasteiger partial charge in [0, 0.05) is 12.5 Å². The summed E-state index contributed by atoms with van der Waals surface area (Å²) in [5.74, 6) is 4.85. The Kier molecular flexibility index (Phi) is 7.32. The van der Waals surface area contributed by atoms with Gasteiger partial charge in [0.25, 0.3) is 0 Å². The van der Waals surface area contributed by atoms with Crippen molar-refractivity contribution in [3.63, 3.8) is 0 Å². The molecule has 76 valence electrons. The Balaban J connectivity index is 3.70. The molecule has 14 heavy (non-hydrogen) atoms. The lowest BCUT2D eigenvalue weighted by Gasteiger charge is -2.13. The van der Waals surface area contributed by atoms with Gasteiger partial charge in [-0.1, -0.05) is 12.8 Å². The topological polar surface area (TPSA) is 41.1 Å². The lowest BCUT2D eigenvalue weighted by molar-refractivity contribution is -0.120. The first-order chi connectivity index (χ1) is 6.74. The fraction of sp³-hybridized carbons (Fsp3) is 0.545. The molecule has 0 heterocycles. The molecule has 0 saturated carbocycles. The van der Waals surface area contributed by atoms with E-state index in [1.807, 2.05) is 6.92 Å². The summed E-state index contributed by atoms with van der Waals surface area (Å²) in [5.41, 5.74) is 0. The molecule has 0 spiro atoms. The zero-order chi connectivity index (χ0) is 10.8. The smallest absolute Gasteiger partial charge is 0.234 e. The van der Waals surface area contributed by atoms with Crippen molar-refractivity contribution in [2.45, 2.75) is 25.8 Å². The van der Waals surface area contributed by atoms with Gasteiger partial charge in [0.2, 0.25) is 5.91 Å². The predicted molar refractivity (Wildman–Crippen MR) is 57.4 cm³/mol. The molecule has 0 aliphatic rings. The lowest BCUT2D eigenvalue weighted by atomic mass is 10.1. The van der Waals surface area contributed by atoms with Crippen molar-refractivity contribution in [1.82, 2.24) is 10.6 Å². The van der Waals surface area contributed by atoms with Gasteiger partial charge < -0.3 is 5.32 Å². The van der Waals surface area contributed by atoms with Gasteiger partial charge in [-0.2, -0.15) is 0 Å². The first kappa shape index (κ1) is 12.6. The molecule has 0 aliphatic heterocycles. The third-order valence-electron chi connectivity index (χ3n) is 1.73. The highest BCUT2D eigenvalue weighted by atomic mass is 16.1. The van der Waals surface area contributed by atoms with Gasteiger partial charge in [0.15, 0.2) is 0 Å². The monoisotopic (exact) mass is 192 g/mol. The summed E-state index contributed by atoms with van der Waals surface area (Å²) in [6.45, 7) is 2.63. The van der Waals surface area contributed by atoms with Crippen LogP contribution < -0.4 is 10.6 Å². The third-order valence-corrected chi connectivity index (χ3v) is 1.73. The minimum absolute atomic E-state index is 0.0673. The maximum Gasteiger partial charge on any atom is 0.234 e. The Bertz CT molecular complexity index is 247. The Morgan fingerprint density at radius 1 is 1.43 bits per heavy atom. The van der Waals surface area contributed by atoms with Crippen molar-refractivity contribution in [1.29, 1.82) is 0 Å². The summed E-state index contributed by atoms with van der Waals surface area (Å²) >= 11 is 0. The fourth-order valence-electron chi connectivity index (χ4n) is 0.967. The number of carbonyl (C=O) groups excluding carboxylic acids is 1. The van der Waals surface area contributed by atoms with E-state index in [0.717, 1.165) is 6.42 Å². The number of hydrogen-bond acceptors (Lipinski definition) is 2. The fourth-order valence-corrected chi connectivity index (χ4v) is 0.967. The predicted octanol–water partition coefficient (Wildman–Crippen LogP) is 0.127. The molecule has 1 unspecified atom stereocenters. The molecule has 0 fully saturated rings. The second-order valence-corrected chi connectivity index (χ2v) is 2.89. The molecule has 1 amide bonds. The third kappa shape index (κ3) is 6.11. The zero-order valence-corrected chi connectivity index (χ0v) is 8.47. The van der Waals surface area contributed by atoms with E-state index in [0.29, 0.717) is 13.0 Å². The Morgan fingerprint density at radius 3 is 2.64 bits per heavy atom. The summed E-state index contributed by atoms with van der Waals surface area (Å²) in [5, 5.41) is 5.62. The van der Waals surface area contributed by atoms with Gasteiger partial charge in [-0.05, 0) is 6.42 Å². The molecule has 0 aromatic carbocycles. The first-order valence-corrected chi connectivity index (χ1v) is 4.61. The zero-order valence-electron chi connectivity index (χ0n) is 8.47. The van der Waals surface area contributed by atoms with Crippen molar-refractivity contribution in [3.8, 4) is 24.7 Å². The average Bonchev–Trinajstić information content (AvgIpc) is 2.17. The van der Waals surface area contributed by atoms with Crippen LogP contribution in [-0.2, 0) is 4.79 Å². The number of rotatable bonds is 6. The number of carbonyl (C=O) groups is 1. The number of nitrogens with one attached hydrogen (secondary N) is 2. The van der Waals surface area contributed by atoms with Gasteiger partial charge in [-0.25, -0.2) is 0 Å². The normalized spacial score (nSPS) is 11.1. The van der Waals surface area contributed by atoms with Crippen molar-refractivity contribution < 1.29 is 4.79 Å². The highest BCUT2D eigenvalue weighted by Crippen LogP contribution is 1.94. The van der Waals surface area contributed by atoms with Gasteiger partial charge in [-0.15, -0.1) is 18.8 Å². The minimum Gasteiger partial charge on any atom is -0.351 e. The number of terminal acetylenes is 2. The molecule has 3 heteroatoms. The highest BCUT2D eigenvalue weighted by Gasteiger charge is 2.07. The number of hydrogen-bond donors (Lipinski definition) is 2. The standard InChI is InChI=1S/C11H16N2O/c1-4-7-10(6-3)13-11(14)9-12-8-5-2/h1-2,10,12H,6-9H2,3H3,(H,13,14). The van der Waals surface area contributed by atoms with Gasteiger partial charge in [0.1, 0.15) is 0 Å². The quantitative estimate of drug-likeness (QED) is 0.464. The van der Waals surface area contributed by atoms with Crippen LogP contribution >= 0.6 is 0 Å². The molecule has 0 aromatic heterocycles. The van der Waals surface area contributed by atoms with Crippen molar-refractivity contribution in [2.24, 2.45) is 0 Å². The van der Waals surface area contributed by atoms with Gasteiger partial charge in [0.05, 0.1) is 13.1 Å². The Hall–Kier alpha value is -1.45. The molecule has 1 atom stereocenters. The lowest BCUT2D eigenvalue weighted by Crippen LogP contribution is -2.40. The van der Waals surface area contributed by atoms with Crippen LogP contribution in [0, 0.1) is 24.7 Å². The summed E-state index contributed by atoms with van der Waals surface area (Å²) in [4.78, 5) is 11.3. The van der Waals surface area contributed by atoms with E-state index >= 15 is 0 Å². The number of amides is 1. The van der Waals surface area contributed by atoms with E-state index < -0.39 is 0 Å². The van der Waals surface area contributed by atoms with E-state index in [9.17, 15) is 4.79 Å². The second kappa shape index (κ2) is 8.16. The molecular weight excluding hydrogens is 176 g/mol. The second-order valence-electron chi connectivity index (χ2n) is 2.89. The van der Waals surface area contributed by atoms with E-state index in [4.69, 9.17) is 12.8 Å². The largest absolute Gasteiger partial charge is 0.351 e. The summed E-state index contributed by atoms with van der Waals surface area (Å²) < 4.78 is 0. The molecule has 2 N–H and O–H groups in total. The van der Waals surface area contributed by atoms with Crippen LogP contribution in [0.3, 0.4) is 0 Å². The van der Waals surface area contributed by atoms with Crippen LogP contribution in [-0.4, -0.2) is 25.0 Å². The van der Waals surface area contributed by atoms with Crippen LogP contribution in [0.25, 0.3) is 0 Å². The summed E-state index contributed by atoms with van der Waals surface area (Å²) in [7, 11) is 0. The van der Waals surface area contributed by atoms with E-state index in [-0.39, 0.29) is 18.5 Å². The molecule has 0 saturated heterocycles. The Morgan fingerprint density at radius 2 is 2.14 bits per heavy atom. The molecular formula is C11H16N2O. The van der Waals surface area contributed by atoms with Crippen LogP contribution in [0.5, 0.6) is 0 Å². The Labute approximate surface area is 85.6 Å². The SMILES string of the molecule is C#CCNCC(=O)NC(CC)CC#C. The minimum atomic E-state index is -0.0673. The van der Waals surface area contributed by atoms with Gasteiger partial charge >= 0.3 is 0 Å². The van der Waals surface area contributed by atoms with Crippen molar-refractivity contribution in [3.05, 3.63) is 0 Å². The van der Waals surface area contributed by atoms with Crippen LogP contribution in [0.4, 0.5) is 0 Å². The van der Waals surface area contributed by atoms with E-state index in [2.05, 4.69) is 22.5 Å². The molecule has 0 rings (SSSR count). The maximum atomic E-state index is 11.3. The van der Waals surface area contributed by atoms with Crippen LogP contribution in [0.15, 0.2) is 0 Å². The molecule has 0 radical (unpaired) electrons. The van der Waals surface area contributed by atoms with Crippen LogP contribution in [0.1, 0.15) is 19.8 Å². The molecule has 3 nitrogen and oxygen atoms in total.